The zero-order chi connectivity index (χ0) is 10.7. The van der Waals surface area contributed by atoms with Crippen molar-refractivity contribution in [3.63, 3.8) is 0 Å². The third kappa shape index (κ3) is 2.98. The van der Waals surface area contributed by atoms with Crippen LogP contribution in [0.5, 0.6) is 0 Å². The van der Waals surface area contributed by atoms with Gasteiger partial charge in [0.1, 0.15) is 5.01 Å². The average Bonchev–Trinajstić information content (AvgIpc) is 2.74. The number of thiazole rings is 1. The maximum atomic E-state index is 4.32. The summed E-state index contributed by atoms with van der Waals surface area (Å²) in [5, 5.41) is 5.48. The van der Waals surface area contributed by atoms with Gasteiger partial charge in [0.25, 0.3) is 0 Å². The van der Waals surface area contributed by atoms with Crippen LogP contribution in [-0.2, 0) is 0 Å². The van der Waals surface area contributed by atoms with E-state index in [2.05, 4.69) is 34.3 Å². The lowest BCUT2D eigenvalue weighted by Crippen LogP contribution is -2.51. The van der Waals surface area contributed by atoms with Gasteiger partial charge in [-0.3, -0.25) is 0 Å². The maximum absolute atomic E-state index is 4.32. The number of nitrogens with zero attached hydrogens (tertiary/aromatic N) is 3. The molecule has 0 aliphatic carbocycles. The molecule has 1 aliphatic heterocycles. The van der Waals surface area contributed by atoms with E-state index in [-0.39, 0.29) is 0 Å². The Bertz CT molecular complexity index is 280. The molecule has 2 rings (SSSR count). The topological polar surface area (TPSA) is 31.4 Å². The smallest absolute Gasteiger partial charge is 0.111 e. The van der Waals surface area contributed by atoms with E-state index >= 15 is 0 Å². The van der Waals surface area contributed by atoms with Gasteiger partial charge in [-0.15, -0.1) is 11.3 Å². The van der Waals surface area contributed by atoms with Crippen molar-refractivity contribution in [3.05, 3.63) is 16.6 Å². The highest BCUT2D eigenvalue weighted by molar-refractivity contribution is 7.09. The molecule has 4 nitrogen and oxygen atoms in total. The highest BCUT2D eigenvalue weighted by Gasteiger charge is 2.16. The van der Waals surface area contributed by atoms with Gasteiger partial charge in [-0.05, 0) is 14.0 Å². The fourth-order valence-corrected chi connectivity index (χ4v) is 2.35. The fourth-order valence-electron chi connectivity index (χ4n) is 1.71. The first kappa shape index (κ1) is 11.0. The van der Waals surface area contributed by atoms with E-state index in [9.17, 15) is 0 Å². The van der Waals surface area contributed by atoms with E-state index in [1.165, 1.54) is 0 Å². The van der Waals surface area contributed by atoms with Crippen molar-refractivity contribution in [3.8, 4) is 0 Å². The minimum absolute atomic E-state index is 0.327. The number of piperazine rings is 1. The van der Waals surface area contributed by atoms with Gasteiger partial charge in [0, 0.05) is 37.8 Å². The molecule has 1 saturated heterocycles. The van der Waals surface area contributed by atoms with Gasteiger partial charge in [0.05, 0.1) is 6.04 Å². The normalized spacial score (nSPS) is 21.7. The van der Waals surface area contributed by atoms with E-state index in [1.807, 2.05) is 11.6 Å². The second-order valence-corrected chi connectivity index (χ2v) is 4.94. The summed E-state index contributed by atoms with van der Waals surface area (Å²) in [6.07, 6.45) is 1.86. The van der Waals surface area contributed by atoms with Crippen LogP contribution in [0.3, 0.4) is 0 Å². The molecule has 84 valence electrons. The summed E-state index contributed by atoms with van der Waals surface area (Å²) in [5.74, 6) is 0. The third-order valence-corrected chi connectivity index (χ3v) is 3.66. The lowest BCUT2D eigenvalue weighted by molar-refractivity contribution is 0.0898. The summed E-state index contributed by atoms with van der Waals surface area (Å²) in [6.45, 7) is 6.62. The molecule has 1 unspecified atom stereocenters. The zero-order valence-corrected chi connectivity index (χ0v) is 10.1. The quantitative estimate of drug-likeness (QED) is 0.832. The summed E-state index contributed by atoms with van der Waals surface area (Å²) in [4.78, 5) is 6.67. The zero-order valence-electron chi connectivity index (χ0n) is 9.31. The molecule has 1 aromatic heterocycles. The standard InChI is InChI=1S/C10H18N4S/c1-9(10-11-3-8-15-10)12-14-6-4-13(2)5-7-14/h3,8-9,12H,4-7H2,1-2H3. The predicted octanol–water partition coefficient (Wildman–Crippen LogP) is 0.956. The van der Waals surface area contributed by atoms with Crippen LogP contribution in [0.4, 0.5) is 0 Å². The van der Waals surface area contributed by atoms with E-state index in [1.54, 1.807) is 11.3 Å². The first-order chi connectivity index (χ1) is 7.25. The number of hydrogen-bond acceptors (Lipinski definition) is 5. The largest absolute Gasteiger partial charge is 0.304 e. The number of rotatable bonds is 3. The van der Waals surface area contributed by atoms with Gasteiger partial charge in [-0.1, -0.05) is 0 Å². The molecule has 5 heteroatoms. The van der Waals surface area contributed by atoms with Gasteiger partial charge in [-0.2, -0.15) is 0 Å². The Morgan fingerprint density at radius 3 is 2.73 bits per heavy atom. The van der Waals surface area contributed by atoms with Crippen LogP contribution in [0.25, 0.3) is 0 Å². The Kier molecular flexibility index (Phi) is 3.69. The molecule has 0 bridgehead atoms. The molecule has 1 fully saturated rings. The molecule has 1 N–H and O–H groups in total. The van der Waals surface area contributed by atoms with Crippen molar-refractivity contribution in [2.45, 2.75) is 13.0 Å². The molecule has 1 aromatic rings. The minimum Gasteiger partial charge on any atom is -0.304 e. The molecule has 2 heterocycles. The summed E-state index contributed by atoms with van der Waals surface area (Å²) < 4.78 is 0. The SMILES string of the molecule is CC(NN1CCN(C)CC1)c1nccs1. The number of hydrogen-bond donors (Lipinski definition) is 1. The molecular formula is C10H18N4S. The molecule has 15 heavy (non-hydrogen) atoms. The van der Waals surface area contributed by atoms with Crippen molar-refractivity contribution >= 4 is 11.3 Å². The molecule has 0 radical (unpaired) electrons. The van der Waals surface area contributed by atoms with Gasteiger partial charge in [0.15, 0.2) is 0 Å². The molecule has 1 aliphatic rings. The number of hydrazine groups is 1. The highest BCUT2D eigenvalue weighted by Crippen LogP contribution is 2.15. The van der Waals surface area contributed by atoms with Crippen LogP contribution in [0.15, 0.2) is 11.6 Å². The third-order valence-electron chi connectivity index (χ3n) is 2.70. The summed E-state index contributed by atoms with van der Waals surface area (Å²) in [7, 11) is 2.17. The Morgan fingerprint density at radius 1 is 1.40 bits per heavy atom. The lowest BCUT2D eigenvalue weighted by Gasteiger charge is -2.34. The molecule has 1 atom stereocenters. The van der Waals surface area contributed by atoms with Gasteiger partial charge in [-0.25, -0.2) is 15.4 Å². The first-order valence-corrected chi connectivity index (χ1v) is 6.23. The minimum atomic E-state index is 0.327. The van der Waals surface area contributed by atoms with E-state index < -0.39 is 0 Å². The first-order valence-electron chi connectivity index (χ1n) is 5.35. The van der Waals surface area contributed by atoms with Gasteiger partial charge in [0.2, 0.25) is 0 Å². The van der Waals surface area contributed by atoms with Crippen LogP contribution < -0.4 is 5.43 Å². The van der Waals surface area contributed by atoms with Crippen LogP contribution in [0.1, 0.15) is 18.0 Å². The Balaban J connectivity index is 1.82. The monoisotopic (exact) mass is 226 g/mol. The van der Waals surface area contributed by atoms with Crippen LogP contribution >= 0.6 is 11.3 Å². The predicted molar refractivity (Wildman–Crippen MR) is 62.7 cm³/mol. The van der Waals surface area contributed by atoms with Gasteiger partial charge >= 0.3 is 0 Å². The van der Waals surface area contributed by atoms with Crippen LogP contribution in [0.2, 0.25) is 0 Å². The Labute approximate surface area is 94.9 Å². The maximum Gasteiger partial charge on any atom is 0.111 e. The van der Waals surface area contributed by atoms with E-state index in [4.69, 9.17) is 0 Å². The summed E-state index contributed by atoms with van der Waals surface area (Å²) in [6, 6.07) is 0.327. The lowest BCUT2D eigenvalue weighted by atomic mass is 10.3. The van der Waals surface area contributed by atoms with Gasteiger partial charge < -0.3 is 4.90 Å². The van der Waals surface area contributed by atoms with Crippen LogP contribution in [0, 0.1) is 0 Å². The number of likely N-dealkylation sites (N-methyl/N-ethyl adjacent to an activating group) is 1. The number of nitrogens with one attached hydrogen (secondary N) is 1. The Hall–Kier alpha value is -0.490. The van der Waals surface area contributed by atoms with Crippen molar-refractivity contribution in [1.29, 1.82) is 0 Å². The fraction of sp³-hybridized carbons (Fsp3) is 0.700. The van der Waals surface area contributed by atoms with Crippen molar-refractivity contribution in [2.24, 2.45) is 0 Å². The molecular weight excluding hydrogens is 208 g/mol. The average molecular weight is 226 g/mol. The molecule has 0 spiro atoms. The van der Waals surface area contributed by atoms with Crippen molar-refractivity contribution in [2.75, 3.05) is 33.2 Å². The van der Waals surface area contributed by atoms with E-state index in [0.29, 0.717) is 6.04 Å². The second-order valence-electron chi connectivity index (χ2n) is 4.01. The molecule has 0 saturated carbocycles. The van der Waals surface area contributed by atoms with Crippen molar-refractivity contribution in [1.82, 2.24) is 20.3 Å². The second kappa shape index (κ2) is 5.03. The highest BCUT2D eigenvalue weighted by atomic mass is 32.1. The van der Waals surface area contributed by atoms with Crippen molar-refractivity contribution < 1.29 is 0 Å². The summed E-state index contributed by atoms with van der Waals surface area (Å²) in [5.41, 5.74) is 3.50. The summed E-state index contributed by atoms with van der Waals surface area (Å²) >= 11 is 1.71. The number of aromatic nitrogens is 1. The van der Waals surface area contributed by atoms with E-state index in [0.717, 1.165) is 31.2 Å². The van der Waals surface area contributed by atoms with Crippen LogP contribution in [-0.4, -0.2) is 48.1 Å². The molecule has 0 aromatic carbocycles. The Morgan fingerprint density at radius 2 is 2.13 bits per heavy atom. The molecule has 0 amide bonds.